The van der Waals surface area contributed by atoms with Crippen molar-refractivity contribution in [3.8, 4) is 67.5 Å². The number of furan rings is 1. The summed E-state index contributed by atoms with van der Waals surface area (Å²) < 4.78 is 6.18. The summed E-state index contributed by atoms with van der Waals surface area (Å²) in [6, 6.07) is 70.1. The van der Waals surface area contributed by atoms with Gasteiger partial charge < -0.3 is 4.42 Å². The molecule has 266 valence electrons. The largest absolute Gasteiger partial charge is 0.456 e. The Morgan fingerprint density at radius 1 is 0.281 bits per heavy atom. The second-order valence-electron chi connectivity index (χ2n) is 14.4. The van der Waals surface area contributed by atoms with E-state index in [0.29, 0.717) is 17.5 Å². The number of nitrogens with zero attached hydrogens (tertiary/aromatic N) is 3. The summed E-state index contributed by atoms with van der Waals surface area (Å²) in [5, 5.41) is 7.09. The van der Waals surface area contributed by atoms with Crippen molar-refractivity contribution in [1.82, 2.24) is 15.0 Å². The third-order valence-electron chi connectivity index (χ3n) is 10.9. The van der Waals surface area contributed by atoms with E-state index >= 15 is 0 Å². The van der Waals surface area contributed by atoms with Crippen LogP contribution in [0, 0.1) is 0 Å². The Bertz CT molecular complexity index is 3290. The number of hydrogen-bond acceptors (Lipinski definition) is 4. The van der Waals surface area contributed by atoms with E-state index in [4.69, 9.17) is 19.4 Å². The summed E-state index contributed by atoms with van der Waals surface area (Å²) in [5.74, 6) is 1.90. The molecule has 0 radical (unpaired) electrons. The van der Waals surface area contributed by atoms with Crippen molar-refractivity contribution in [2.45, 2.75) is 0 Å². The van der Waals surface area contributed by atoms with Crippen molar-refractivity contribution in [2.75, 3.05) is 0 Å². The predicted octanol–water partition coefficient (Wildman–Crippen LogP) is 14.1. The third-order valence-corrected chi connectivity index (χ3v) is 10.9. The smallest absolute Gasteiger partial charge is 0.164 e. The molecule has 0 fully saturated rings. The summed E-state index contributed by atoms with van der Waals surface area (Å²) in [7, 11) is 0. The number of aromatic nitrogens is 3. The van der Waals surface area contributed by atoms with Crippen molar-refractivity contribution < 1.29 is 4.42 Å². The Kier molecular flexibility index (Phi) is 7.78. The minimum Gasteiger partial charge on any atom is -0.456 e. The van der Waals surface area contributed by atoms with Crippen molar-refractivity contribution in [3.05, 3.63) is 200 Å². The van der Waals surface area contributed by atoms with E-state index in [0.717, 1.165) is 60.9 Å². The van der Waals surface area contributed by atoms with E-state index in [-0.39, 0.29) is 0 Å². The van der Waals surface area contributed by atoms with E-state index in [9.17, 15) is 0 Å². The summed E-state index contributed by atoms with van der Waals surface area (Å²) in [4.78, 5) is 15.1. The first-order valence-corrected chi connectivity index (χ1v) is 19.2. The summed E-state index contributed by atoms with van der Waals surface area (Å²) >= 11 is 0. The molecule has 11 rings (SSSR count). The lowest BCUT2D eigenvalue weighted by molar-refractivity contribution is 0.669. The fraction of sp³-hybridized carbons (Fsp3) is 0. The predicted molar refractivity (Wildman–Crippen MR) is 235 cm³/mol. The Balaban J connectivity index is 0.944. The topological polar surface area (TPSA) is 51.8 Å². The van der Waals surface area contributed by atoms with Crippen molar-refractivity contribution in [1.29, 1.82) is 0 Å². The molecule has 0 unspecified atom stereocenters. The molecule has 0 N–H and O–H groups in total. The average Bonchev–Trinajstić information content (AvgIpc) is 3.68. The molecular weight excluding hydrogens is 695 g/mol. The Hall–Kier alpha value is -7.69. The van der Waals surface area contributed by atoms with E-state index in [2.05, 4.69) is 152 Å². The molecule has 0 saturated carbocycles. The zero-order valence-corrected chi connectivity index (χ0v) is 30.8. The number of para-hydroxylation sites is 1. The maximum atomic E-state index is 6.18. The zero-order chi connectivity index (χ0) is 37.7. The maximum Gasteiger partial charge on any atom is 0.164 e. The summed E-state index contributed by atoms with van der Waals surface area (Å²) in [5.41, 5.74) is 11.5. The molecule has 11 aromatic rings. The van der Waals surface area contributed by atoms with Crippen LogP contribution in [0.5, 0.6) is 0 Å². The van der Waals surface area contributed by atoms with Crippen LogP contribution in [0.1, 0.15) is 0 Å². The van der Waals surface area contributed by atoms with Crippen molar-refractivity contribution in [3.63, 3.8) is 0 Å². The van der Waals surface area contributed by atoms with E-state index < -0.39 is 0 Å². The van der Waals surface area contributed by atoms with E-state index in [1.165, 1.54) is 32.7 Å². The lowest BCUT2D eigenvalue weighted by atomic mass is 9.95. The van der Waals surface area contributed by atoms with Gasteiger partial charge in [-0.3, -0.25) is 0 Å². The van der Waals surface area contributed by atoms with Gasteiger partial charge in [0.2, 0.25) is 0 Å². The Morgan fingerprint density at radius 3 is 1.54 bits per heavy atom. The molecule has 0 aliphatic rings. The third kappa shape index (κ3) is 6.01. The van der Waals surface area contributed by atoms with Crippen LogP contribution in [0.15, 0.2) is 205 Å². The van der Waals surface area contributed by atoms with Gasteiger partial charge in [0, 0.05) is 27.5 Å². The van der Waals surface area contributed by atoms with E-state index in [1.54, 1.807) is 0 Å². The highest BCUT2D eigenvalue weighted by atomic mass is 16.3. The fourth-order valence-corrected chi connectivity index (χ4v) is 7.98. The van der Waals surface area contributed by atoms with Crippen LogP contribution in [-0.2, 0) is 0 Å². The SMILES string of the molecule is c1ccc(-c2nc(-c3ccc(-c4ccc5ccccc5c4)cc3)nc(-c3cccc(-c4ccc5cc(-c6cccc7oc8ccccc8c67)ccc5c4)c3)n2)cc1. The molecule has 57 heavy (non-hydrogen) atoms. The van der Waals surface area contributed by atoms with Gasteiger partial charge in [-0.05, 0) is 91.3 Å². The molecule has 2 heterocycles. The second-order valence-corrected chi connectivity index (χ2v) is 14.4. The van der Waals surface area contributed by atoms with Crippen LogP contribution < -0.4 is 0 Å². The normalized spacial score (nSPS) is 11.5. The van der Waals surface area contributed by atoms with E-state index in [1.807, 2.05) is 48.5 Å². The molecule has 2 aromatic heterocycles. The molecule has 0 saturated heterocycles. The van der Waals surface area contributed by atoms with Gasteiger partial charge in [-0.25, -0.2) is 15.0 Å². The van der Waals surface area contributed by atoms with Crippen LogP contribution >= 0.6 is 0 Å². The molecule has 0 amide bonds. The quantitative estimate of drug-likeness (QED) is 0.171. The van der Waals surface area contributed by atoms with Crippen molar-refractivity contribution in [2.24, 2.45) is 0 Å². The Morgan fingerprint density at radius 2 is 0.754 bits per heavy atom. The second kappa shape index (κ2) is 13.6. The number of rotatable bonds is 6. The van der Waals surface area contributed by atoms with Crippen LogP contribution in [-0.4, -0.2) is 15.0 Å². The molecule has 0 bridgehead atoms. The van der Waals surface area contributed by atoms with Crippen LogP contribution in [0.2, 0.25) is 0 Å². The standard InChI is InChI=1S/C53H33N3O/c1-2-11-36(12-3-1)51-54-52(37-23-20-35(21-24-37)40-25-22-34-10-4-5-13-38(34)30-40)56-53(55-51)45-15-8-14-39(33-45)41-26-27-43-32-44(29-28-42(43)31-41)46-17-9-19-49-50(46)47-16-6-7-18-48(47)57-49/h1-33H. The molecule has 4 nitrogen and oxygen atoms in total. The highest BCUT2D eigenvalue weighted by molar-refractivity contribution is 6.13. The molecular formula is C53H33N3O. The first-order chi connectivity index (χ1) is 28.2. The first-order valence-electron chi connectivity index (χ1n) is 19.2. The van der Waals surface area contributed by atoms with Crippen LogP contribution in [0.4, 0.5) is 0 Å². The van der Waals surface area contributed by atoms with Gasteiger partial charge in [-0.1, -0.05) is 164 Å². The molecule has 0 aliphatic heterocycles. The lowest BCUT2D eigenvalue weighted by Gasteiger charge is -2.11. The summed E-state index contributed by atoms with van der Waals surface area (Å²) in [6.07, 6.45) is 0. The number of fused-ring (bicyclic) bond motifs is 5. The van der Waals surface area contributed by atoms with Gasteiger partial charge in [-0.2, -0.15) is 0 Å². The van der Waals surface area contributed by atoms with Gasteiger partial charge in [0.1, 0.15) is 11.2 Å². The number of hydrogen-bond donors (Lipinski definition) is 0. The van der Waals surface area contributed by atoms with Gasteiger partial charge in [-0.15, -0.1) is 0 Å². The molecule has 0 aliphatic carbocycles. The minimum absolute atomic E-state index is 0.630. The Labute approximate surface area is 329 Å². The first kappa shape index (κ1) is 32.7. The molecule has 4 heteroatoms. The van der Waals surface area contributed by atoms with Gasteiger partial charge in [0.25, 0.3) is 0 Å². The van der Waals surface area contributed by atoms with Gasteiger partial charge >= 0.3 is 0 Å². The lowest BCUT2D eigenvalue weighted by Crippen LogP contribution is -2.00. The number of benzene rings is 9. The van der Waals surface area contributed by atoms with Crippen LogP contribution in [0.25, 0.3) is 111 Å². The average molecular weight is 728 g/mol. The highest BCUT2D eigenvalue weighted by Crippen LogP contribution is 2.38. The monoisotopic (exact) mass is 727 g/mol. The molecule has 9 aromatic carbocycles. The molecule has 0 atom stereocenters. The fourth-order valence-electron chi connectivity index (χ4n) is 7.98. The molecule has 0 spiro atoms. The van der Waals surface area contributed by atoms with Gasteiger partial charge in [0.15, 0.2) is 17.5 Å². The van der Waals surface area contributed by atoms with Crippen LogP contribution in [0.3, 0.4) is 0 Å². The van der Waals surface area contributed by atoms with Crippen molar-refractivity contribution >= 4 is 43.5 Å². The maximum absolute atomic E-state index is 6.18. The zero-order valence-electron chi connectivity index (χ0n) is 30.8. The van der Waals surface area contributed by atoms with Gasteiger partial charge in [0.05, 0.1) is 0 Å². The summed E-state index contributed by atoms with van der Waals surface area (Å²) in [6.45, 7) is 0. The highest BCUT2D eigenvalue weighted by Gasteiger charge is 2.15. The minimum atomic E-state index is 0.630.